The summed E-state index contributed by atoms with van der Waals surface area (Å²) in [5.74, 6) is -1.82. The number of amides is 2. The van der Waals surface area contributed by atoms with E-state index in [1.807, 2.05) is 6.92 Å². The van der Waals surface area contributed by atoms with Crippen LogP contribution in [-0.2, 0) is 9.59 Å². The van der Waals surface area contributed by atoms with Crippen LogP contribution in [0.5, 0.6) is 0 Å². The Balaban J connectivity index is 1.51. The molecule has 2 amide bonds. The number of nitrogens with two attached hydrogens (primary N) is 1. The monoisotopic (exact) mass is 418 g/mol. The second-order valence-electron chi connectivity index (χ2n) is 8.05. The first-order valence-electron chi connectivity index (χ1n) is 10.3. The molecule has 1 aromatic carbocycles. The Bertz CT molecular complexity index is 884. The highest BCUT2D eigenvalue weighted by atomic mass is 19.1. The minimum atomic E-state index is -0.946. The van der Waals surface area contributed by atoms with Gasteiger partial charge in [0.1, 0.15) is 11.6 Å². The summed E-state index contributed by atoms with van der Waals surface area (Å²) in [4.78, 5) is 31.0. The number of carbonyl (C=O) groups excluding carboxylic acids is 2. The lowest BCUT2D eigenvalue weighted by atomic mass is 9.99. The Hall–Kier alpha value is -2.61. The maximum Gasteiger partial charge on any atom is 0.237 e. The molecule has 0 radical (unpaired) electrons. The van der Waals surface area contributed by atoms with E-state index in [0.717, 1.165) is 25.3 Å². The second-order valence-corrected chi connectivity index (χ2v) is 8.05. The Morgan fingerprint density at radius 2 is 2.10 bits per heavy atom. The average Bonchev–Trinajstić information content (AvgIpc) is 3.18. The van der Waals surface area contributed by atoms with Gasteiger partial charge >= 0.3 is 0 Å². The van der Waals surface area contributed by atoms with Crippen molar-refractivity contribution in [3.8, 4) is 0 Å². The van der Waals surface area contributed by atoms with Crippen LogP contribution in [0, 0.1) is 11.6 Å². The number of nitrogens with one attached hydrogen (secondary N) is 1. The summed E-state index contributed by atoms with van der Waals surface area (Å²) in [6.07, 6.45) is 4.86. The molecule has 2 aliphatic heterocycles. The van der Waals surface area contributed by atoms with Crippen molar-refractivity contribution < 1.29 is 18.4 Å². The number of hydrogen-bond donors (Lipinski definition) is 2. The molecule has 0 unspecified atom stereocenters. The summed E-state index contributed by atoms with van der Waals surface area (Å²) in [6.45, 7) is 4.48. The van der Waals surface area contributed by atoms with E-state index in [1.165, 1.54) is 18.3 Å². The van der Waals surface area contributed by atoms with Gasteiger partial charge in [0.2, 0.25) is 11.8 Å². The van der Waals surface area contributed by atoms with Crippen molar-refractivity contribution in [1.29, 1.82) is 0 Å². The zero-order valence-corrected chi connectivity index (χ0v) is 17.3. The Morgan fingerprint density at radius 3 is 2.80 bits per heavy atom. The standard InChI is InChI=1S/C22H28F2N4O2/c1-13-5-3-4-8-28(13)21(29)11-19(25)22(30)27-14(2)20-9-15(12-26-20)17-7-6-16(23)10-18(17)24/h6-7,10,12-14,19H,3-5,8-9,11,25H2,1-2H3,(H,27,30)/t13-,14-,19-/m0/s1. The molecule has 3 atom stereocenters. The van der Waals surface area contributed by atoms with Gasteiger partial charge in [-0.25, -0.2) is 8.78 Å². The van der Waals surface area contributed by atoms with Crippen LogP contribution < -0.4 is 11.1 Å². The van der Waals surface area contributed by atoms with Crippen LogP contribution in [0.4, 0.5) is 8.78 Å². The van der Waals surface area contributed by atoms with Crippen LogP contribution in [0.1, 0.15) is 51.5 Å². The van der Waals surface area contributed by atoms with Crippen LogP contribution >= 0.6 is 0 Å². The number of piperidine rings is 1. The number of halogens is 2. The van der Waals surface area contributed by atoms with Crippen molar-refractivity contribution in [3.63, 3.8) is 0 Å². The smallest absolute Gasteiger partial charge is 0.237 e. The number of hydrogen-bond acceptors (Lipinski definition) is 4. The number of rotatable bonds is 6. The Morgan fingerprint density at radius 1 is 1.33 bits per heavy atom. The molecule has 0 bridgehead atoms. The first-order chi connectivity index (χ1) is 14.3. The lowest BCUT2D eigenvalue weighted by molar-refractivity contribution is -0.137. The van der Waals surface area contributed by atoms with Gasteiger partial charge in [-0.15, -0.1) is 0 Å². The molecule has 30 heavy (non-hydrogen) atoms. The molecule has 3 N–H and O–H groups in total. The van der Waals surface area contributed by atoms with E-state index in [9.17, 15) is 18.4 Å². The zero-order valence-electron chi connectivity index (χ0n) is 17.3. The molecule has 0 aliphatic carbocycles. The molecule has 2 heterocycles. The quantitative estimate of drug-likeness (QED) is 0.745. The highest BCUT2D eigenvalue weighted by Gasteiger charge is 2.28. The minimum Gasteiger partial charge on any atom is -0.347 e. The third kappa shape index (κ3) is 5.11. The molecule has 1 aromatic rings. The number of aliphatic imine (C=N–C) groups is 1. The van der Waals surface area contributed by atoms with Gasteiger partial charge in [0.25, 0.3) is 0 Å². The predicted octanol–water partition coefficient (Wildman–Crippen LogP) is 2.77. The SMILES string of the molecule is C[C@H](NC(=O)[C@@H](N)CC(=O)N1CCCC[C@@H]1C)C1=NC=C(c2ccc(F)cc2F)C1. The lowest BCUT2D eigenvalue weighted by Gasteiger charge is -2.34. The van der Waals surface area contributed by atoms with Crippen LogP contribution in [0.25, 0.3) is 5.57 Å². The molecule has 6 nitrogen and oxygen atoms in total. The van der Waals surface area contributed by atoms with Crippen LogP contribution in [-0.4, -0.2) is 47.1 Å². The van der Waals surface area contributed by atoms with E-state index in [-0.39, 0.29) is 23.9 Å². The normalized spacial score (nSPS) is 21.0. The largest absolute Gasteiger partial charge is 0.347 e. The minimum absolute atomic E-state index is 0.0420. The molecule has 3 rings (SSSR count). The van der Waals surface area contributed by atoms with Crippen LogP contribution in [0.15, 0.2) is 29.4 Å². The van der Waals surface area contributed by atoms with Crippen LogP contribution in [0.3, 0.4) is 0 Å². The van der Waals surface area contributed by atoms with Gasteiger partial charge < -0.3 is 16.0 Å². The number of likely N-dealkylation sites (tertiary alicyclic amines) is 1. The maximum absolute atomic E-state index is 14.0. The summed E-state index contributed by atoms with van der Waals surface area (Å²) in [7, 11) is 0. The van der Waals surface area contributed by atoms with Gasteiger partial charge in [-0.05, 0) is 50.8 Å². The highest BCUT2D eigenvalue weighted by molar-refractivity contribution is 6.03. The first kappa shape index (κ1) is 22.1. The zero-order chi connectivity index (χ0) is 21.8. The molecular weight excluding hydrogens is 390 g/mol. The number of allylic oxidation sites excluding steroid dienone is 1. The molecule has 0 aromatic heterocycles. The van der Waals surface area contributed by atoms with Crippen molar-refractivity contribution in [1.82, 2.24) is 10.2 Å². The molecule has 2 aliphatic rings. The first-order valence-corrected chi connectivity index (χ1v) is 10.3. The fourth-order valence-electron chi connectivity index (χ4n) is 3.90. The number of nitrogens with zero attached hydrogens (tertiary/aromatic N) is 2. The van der Waals surface area contributed by atoms with Gasteiger partial charge in [0.15, 0.2) is 0 Å². The number of benzene rings is 1. The van der Waals surface area contributed by atoms with Gasteiger partial charge in [0.05, 0.1) is 18.5 Å². The summed E-state index contributed by atoms with van der Waals surface area (Å²) in [5.41, 5.74) is 7.51. The van der Waals surface area contributed by atoms with Crippen molar-refractivity contribution in [2.75, 3.05) is 6.54 Å². The predicted molar refractivity (Wildman–Crippen MR) is 112 cm³/mol. The molecule has 1 fully saturated rings. The third-order valence-corrected chi connectivity index (χ3v) is 5.75. The van der Waals surface area contributed by atoms with Crippen LogP contribution in [0.2, 0.25) is 0 Å². The summed E-state index contributed by atoms with van der Waals surface area (Å²) >= 11 is 0. The highest BCUT2D eigenvalue weighted by Crippen LogP contribution is 2.27. The van der Waals surface area contributed by atoms with E-state index < -0.39 is 29.6 Å². The summed E-state index contributed by atoms with van der Waals surface area (Å²) in [6, 6.07) is 2.20. The maximum atomic E-state index is 14.0. The van der Waals surface area contributed by atoms with E-state index in [0.29, 0.717) is 24.3 Å². The van der Waals surface area contributed by atoms with Crippen molar-refractivity contribution in [2.24, 2.45) is 10.7 Å². The molecule has 0 saturated carbocycles. The topological polar surface area (TPSA) is 87.8 Å². The second kappa shape index (κ2) is 9.47. The Kier molecular flexibility index (Phi) is 6.97. The summed E-state index contributed by atoms with van der Waals surface area (Å²) < 4.78 is 27.1. The van der Waals surface area contributed by atoms with Crippen molar-refractivity contribution in [3.05, 3.63) is 41.6 Å². The van der Waals surface area contributed by atoms with Gasteiger partial charge in [-0.2, -0.15) is 0 Å². The Labute approximate surface area is 175 Å². The van der Waals surface area contributed by atoms with Crippen molar-refractivity contribution in [2.45, 2.75) is 64.1 Å². The van der Waals surface area contributed by atoms with E-state index in [4.69, 9.17) is 5.73 Å². The van der Waals surface area contributed by atoms with E-state index in [1.54, 1.807) is 11.8 Å². The van der Waals surface area contributed by atoms with Gasteiger partial charge in [-0.1, -0.05) is 0 Å². The number of carbonyl (C=O) groups is 2. The fourth-order valence-corrected chi connectivity index (χ4v) is 3.90. The molecule has 162 valence electrons. The van der Waals surface area contributed by atoms with Gasteiger partial charge in [0, 0.05) is 42.5 Å². The third-order valence-electron chi connectivity index (χ3n) is 5.75. The molecule has 0 spiro atoms. The fraction of sp³-hybridized carbons (Fsp3) is 0.500. The average molecular weight is 418 g/mol. The van der Waals surface area contributed by atoms with E-state index >= 15 is 0 Å². The molecular formula is C22H28F2N4O2. The van der Waals surface area contributed by atoms with Gasteiger partial charge in [-0.3, -0.25) is 14.6 Å². The lowest BCUT2D eigenvalue weighted by Crippen LogP contribution is -2.50. The van der Waals surface area contributed by atoms with E-state index in [2.05, 4.69) is 10.3 Å². The molecule has 8 heteroatoms. The van der Waals surface area contributed by atoms with Crippen molar-refractivity contribution >= 4 is 23.1 Å². The molecule has 1 saturated heterocycles. The summed E-state index contributed by atoms with van der Waals surface area (Å²) in [5, 5.41) is 2.78.